The second kappa shape index (κ2) is 11.8. The Morgan fingerprint density at radius 3 is 2.16 bits per heavy atom. The molecule has 3 amide bonds. The number of nitrogens with two attached hydrogens (primary N) is 2. The molecular weight excluding hydrogens is 498 g/mol. The van der Waals surface area contributed by atoms with Gasteiger partial charge in [0.15, 0.2) is 0 Å². The maximum atomic E-state index is 13.8. The lowest BCUT2D eigenvalue weighted by atomic mass is 10.0. The summed E-state index contributed by atoms with van der Waals surface area (Å²) in [6.07, 6.45) is 1.10. The zero-order chi connectivity index (χ0) is 28.9. The van der Waals surface area contributed by atoms with Crippen molar-refractivity contribution in [3.8, 4) is 0 Å². The molecule has 1 aromatic carbocycles. The quantitative estimate of drug-likeness (QED) is 0.269. The monoisotopic (exact) mass is 530 g/mol. The predicted octanol–water partition coefficient (Wildman–Crippen LogP) is 3.43. The summed E-state index contributed by atoms with van der Waals surface area (Å²) in [5.41, 5.74) is 12.7. The molecule has 204 valence electrons. The first kappa shape index (κ1) is 29.9. The average molecular weight is 531 g/mol. The number of nitrogens with one attached hydrogen (secondary N) is 2. The summed E-state index contributed by atoms with van der Waals surface area (Å²) in [7, 11) is 0. The molecule has 0 aliphatic heterocycles. The third-order valence-electron chi connectivity index (χ3n) is 5.98. The van der Waals surface area contributed by atoms with Crippen molar-refractivity contribution in [1.82, 2.24) is 10.6 Å². The van der Waals surface area contributed by atoms with Crippen LogP contribution in [-0.4, -0.2) is 29.6 Å². The second-order valence-corrected chi connectivity index (χ2v) is 9.15. The molecule has 0 heterocycles. The summed E-state index contributed by atoms with van der Waals surface area (Å²) >= 11 is 0. The van der Waals surface area contributed by atoms with Gasteiger partial charge < -0.3 is 21.5 Å². The number of carbonyl (C=O) groups excluding carboxylic acids is 4. The predicted molar refractivity (Wildman–Crippen MR) is 137 cm³/mol. The second-order valence-electron chi connectivity index (χ2n) is 9.15. The maximum absolute atomic E-state index is 13.8. The third kappa shape index (κ3) is 6.93. The van der Waals surface area contributed by atoms with Gasteiger partial charge >= 0.3 is 6.09 Å². The Kier molecular flexibility index (Phi) is 9.33. The molecule has 11 heteroatoms. The topological polar surface area (TPSA) is 154 Å². The van der Waals surface area contributed by atoms with Crippen molar-refractivity contribution in [2.45, 2.75) is 46.6 Å². The molecule has 0 saturated heterocycles. The van der Waals surface area contributed by atoms with E-state index in [2.05, 4.69) is 17.2 Å². The molecule has 0 radical (unpaired) electrons. The minimum absolute atomic E-state index is 0.0223. The summed E-state index contributed by atoms with van der Waals surface area (Å²) in [6, 6.07) is 7.37. The Balaban J connectivity index is 2.14. The van der Waals surface area contributed by atoms with E-state index in [1.165, 1.54) is 32.9 Å². The average Bonchev–Trinajstić information content (AvgIpc) is 3.41. The number of hydrogen-bond acceptors (Lipinski definition) is 6. The van der Waals surface area contributed by atoms with Crippen LogP contribution >= 0.6 is 0 Å². The number of carbonyl (C=O) groups is 4. The van der Waals surface area contributed by atoms with Gasteiger partial charge in [0.05, 0.1) is 0 Å². The van der Waals surface area contributed by atoms with E-state index in [9.17, 15) is 28.0 Å². The molecule has 3 unspecified atom stereocenters. The van der Waals surface area contributed by atoms with E-state index >= 15 is 0 Å². The van der Waals surface area contributed by atoms with Crippen molar-refractivity contribution in [2.75, 3.05) is 0 Å². The molecule has 1 aliphatic carbocycles. The Morgan fingerprint density at radius 1 is 1.05 bits per heavy atom. The molecule has 1 aliphatic rings. The highest BCUT2D eigenvalue weighted by Gasteiger charge is 2.75. The van der Waals surface area contributed by atoms with Crippen molar-refractivity contribution in [2.24, 2.45) is 23.3 Å². The van der Waals surface area contributed by atoms with E-state index in [0.717, 1.165) is 11.1 Å². The standard InChI is InChI=1S/C27H32F2N4O5/c1-13(2)19(32-25(36)21-20(24(31)35)27(21,28)29)12-11-15(4)23(34)22(16(5)30)33-26(37)38-17(6)18-10-8-7-9-14(18)3/h7-12,17,20-21H,1,30H2,2-6H3,(H2,31,35)(H,32,36)(H,33,37)/b15-11+,19-12+,22-16+. The van der Waals surface area contributed by atoms with Crippen molar-refractivity contribution < 1.29 is 32.7 Å². The number of primary amides is 1. The van der Waals surface area contributed by atoms with Gasteiger partial charge in [0.25, 0.3) is 5.92 Å². The molecule has 38 heavy (non-hydrogen) atoms. The van der Waals surface area contributed by atoms with E-state index in [-0.39, 0.29) is 22.7 Å². The van der Waals surface area contributed by atoms with E-state index in [0.29, 0.717) is 5.57 Å². The van der Waals surface area contributed by atoms with Gasteiger partial charge in [0.1, 0.15) is 23.6 Å². The molecule has 1 fully saturated rings. The molecule has 6 N–H and O–H groups in total. The Bertz CT molecular complexity index is 1260. The van der Waals surface area contributed by atoms with Crippen LogP contribution in [-0.2, 0) is 19.1 Å². The van der Waals surface area contributed by atoms with Crippen LogP contribution in [0.4, 0.5) is 13.6 Å². The van der Waals surface area contributed by atoms with Crippen LogP contribution < -0.4 is 22.1 Å². The van der Waals surface area contributed by atoms with Gasteiger partial charge in [-0.3, -0.25) is 19.7 Å². The molecule has 1 aromatic rings. The summed E-state index contributed by atoms with van der Waals surface area (Å²) in [6.45, 7) is 11.6. The fourth-order valence-electron chi connectivity index (χ4n) is 3.72. The number of alkyl carbamates (subject to hydrolysis) is 1. The largest absolute Gasteiger partial charge is 0.441 e. The first-order valence-electron chi connectivity index (χ1n) is 11.7. The zero-order valence-electron chi connectivity index (χ0n) is 21.9. The minimum Gasteiger partial charge on any atom is -0.441 e. The molecule has 0 aromatic heterocycles. The van der Waals surface area contributed by atoms with Crippen molar-refractivity contribution >= 4 is 23.7 Å². The Morgan fingerprint density at radius 2 is 1.66 bits per heavy atom. The van der Waals surface area contributed by atoms with E-state index in [4.69, 9.17) is 16.2 Å². The molecule has 1 saturated carbocycles. The summed E-state index contributed by atoms with van der Waals surface area (Å²) < 4.78 is 32.9. The van der Waals surface area contributed by atoms with Crippen LogP contribution in [0.2, 0.25) is 0 Å². The van der Waals surface area contributed by atoms with Crippen LogP contribution in [0.25, 0.3) is 0 Å². The number of halogens is 2. The smallest absolute Gasteiger partial charge is 0.412 e. The number of rotatable bonds is 10. The van der Waals surface area contributed by atoms with Crippen molar-refractivity contribution in [1.29, 1.82) is 0 Å². The summed E-state index contributed by atoms with van der Waals surface area (Å²) in [5.74, 6) is -10.3. The van der Waals surface area contributed by atoms with Gasteiger partial charge in [-0.05, 0) is 63.0 Å². The lowest BCUT2D eigenvalue weighted by molar-refractivity contribution is -0.125. The lowest BCUT2D eigenvalue weighted by Gasteiger charge is -2.17. The number of allylic oxidation sites excluding steroid dienone is 5. The Labute approximate surface area is 219 Å². The van der Waals surface area contributed by atoms with E-state index in [1.54, 1.807) is 6.92 Å². The van der Waals surface area contributed by atoms with E-state index < -0.39 is 47.6 Å². The number of aryl methyl sites for hydroxylation is 1. The minimum atomic E-state index is -3.53. The highest BCUT2D eigenvalue weighted by molar-refractivity contribution is 6.09. The Hall–Kier alpha value is -4.28. The molecule has 9 nitrogen and oxygen atoms in total. The molecule has 3 atom stereocenters. The lowest BCUT2D eigenvalue weighted by Crippen LogP contribution is -2.31. The first-order chi connectivity index (χ1) is 17.6. The molecule has 2 rings (SSSR count). The number of ether oxygens (including phenoxy) is 1. The summed E-state index contributed by atoms with van der Waals surface area (Å²) in [4.78, 5) is 49.0. The number of Topliss-reactive ketones (excluding diaryl/α,β-unsaturated/α-hetero) is 1. The number of benzene rings is 1. The SMILES string of the molecule is C=C(C)/C(=C\C=C(/C)C(=O)/C(NC(=O)OC(C)c1ccccc1C)=C(/C)N)NC(=O)C1C(C(N)=O)C1(F)F. The van der Waals surface area contributed by atoms with Gasteiger partial charge in [-0.25, -0.2) is 13.6 Å². The van der Waals surface area contributed by atoms with Crippen molar-refractivity contribution in [3.63, 3.8) is 0 Å². The van der Waals surface area contributed by atoms with Crippen LogP contribution in [0.3, 0.4) is 0 Å². The normalized spacial score (nSPS) is 20.0. The molecular formula is C27H32F2N4O5. The highest BCUT2D eigenvalue weighted by atomic mass is 19.3. The van der Waals surface area contributed by atoms with Crippen LogP contribution in [0.5, 0.6) is 0 Å². The van der Waals surface area contributed by atoms with Gasteiger partial charge in [0.2, 0.25) is 17.6 Å². The number of ketones is 1. The number of alkyl halides is 2. The van der Waals surface area contributed by atoms with Gasteiger partial charge in [0, 0.05) is 11.4 Å². The molecule has 0 bridgehead atoms. The van der Waals surface area contributed by atoms with Crippen LogP contribution in [0.15, 0.2) is 71.2 Å². The number of hydrogen-bond donors (Lipinski definition) is 4. The third-order valence-corrected chi connectivity index (χ3v) is 5.98. The van der Waals surface area contributed by atoms with Crippen LogP contribution in [0.1, 0.15) is 44.9 Å². The summed E-state index contributed by atoms with van der Waals surface area (Å²) in [5, 5.41) is 4.67. The fourth-order valence-corrected chi connectivity index (χ4v) is 3.72. The first-order valence-corrected chi connectivity index (χ1v) is 11.7. The molecule has 0 spiro atoms. The van der Waals surface area contributed by atoms with Crippen molar-refractivity contribution in [3.05, 3.63) is 82.4 Å². The highest BCUT2D eigenvalue weighted by Crippen LogP contribution is 2.55. The van der Waals surface area contributed by atoms with Crippen LogP contribution in [0, 0.1) is 18.8 Å². The zero-order valence-corrected chi connectivity index (χ0v) is 21.9. The van der Waals surface area contributed by atoms with E-state index in [1.807, 2.05) is 31.2 Å². The fraction of sp³-hybridized carbons (Fsp3) is 0.333. The van der Waals surface area contributed by atoms with Gasteiger partial charge in [-0.15, -0.1) is 0 Å². The van der Waals surface area contributed by atoms with Gasteiger partial charge in [-0.1, -0.05) is 36.9 Å². The number of amides is 3. The van der Waals surface area contributed by atoms with Gasteiger partial charge in [-0.2, -0.15) is 0 Å². The maximum Gasteiger partial charge on any atom is 0.412 e.